The summed E-state index contributed by atoms with van der Waals surface area (Å²) < 4.78 is 5.40. The van der Waals surface area contributed by atoms with Crippen LogP contribution in [-0.4, -0.2) is 29.5 Å². The van der Waals surface area contributed by atoms with E-state index in [0.717, 1.165) is 18.4 Å². The normalized spacial score (nSPS) is 22.9. The molecule has 0 unspecified atom stereocenters. The smallest absolute Gasteiger partial charge is 0.323 e. The average Bonchev–Trinajstić information content (AvgIpc) is 2.63. The van der Waals surface area contributed by atoms with Crippen LogP contribution in [0.25, 0.3) is 0 Å². The number of nitrogens with zero attached hydrogens (tertiary/aromatic N) is 1. The zero-order valence-electron chi connectivity index (χ0n) is 11.3. The van der Waals surface area contributed by atoms with Gasteiger partial charge in [-0.2, -0.15) is 0 Å². The van der Waals surface area contributed by atoms with Crippen LogP contribution in [0.3, 0.4) is 0 Å². The summed E-state index contributed by atoms with van der Waals surface area (Å²) in [5, 5.41) is 0. The maximum absolute atomic E-state index is 12.1. The van der Waals surface area contributed by atoms with Gasteiger partial charge in [-0.3, -0.25) is 9.69 Å². The summed E-state index contributed by atoms with van der Waals surface area (Å²) in [5.41, 5.74) is 1.13. The molecule has 2 rings (SSSR count). The number of likely N-dealkylation sites (tertiary alicyclic amines) is 1. The summed E-state index contributed by atoms with van der Waals surface area (Å²) in [6, 6.07) is 9.70. The van der Waals surface area contributed by atoms with E-state index >= 15 is 0 Å². The lowest BCUT2D eigenvalue weighted by atomic mass is 10.0. The molecule has 1 aromatic rings. The molecule has 3 heteroatoms. The predicted molar refractivity (Wildman–Crippen MR) is 71.1 cm³/mol. The van der Waals surface area contributed by atoms with E-state index in [4.69, 9.17) is 4.74 Å². The summed E-state index contributed by atoms with van der Waals surface area (Å²) >= 11 is 0. The molecular formula is C15H21NO2. The van der Waals surface area contributed by atoms with Crippen molar-refractivity contribution in [2.45, 2.75) is 44.9 Å². The lowest BCUT2D eigenvalue weighted by Gasteiger charge is -2.30. The van der Waals surface area contributed by atoms with Gasteiger partial charge < -0.3 is 4.74 Å². The zero-order valence-corrected chi connectivity index (χ0v) is 11.3. The van der Waals surface area contributed by atoms with E-state index in [0.29, 0.717) is 6.61 Å². The summed E-state index contributed by atoms with van der Waals surface area (Å²) in [5.74, 6) is -0.105. The Morgan fingerprint density at radius 1 is 1.39 bits per heavy atom. The van der Waals surface area contributed by atoms with Gasteiger partial charge in [0.15, 0.2) is 0 Å². The van der Waals surface area contributed by atoms with Crippen LogP contribution in [0, 0.1) is 0 Å². The second kappa shape index (κ2) is 5.11. The Morgan fingerprint density at radius 3 is 2.61 bits per heavy atom. The second-order valence-corrected chi connectivity index (χ2v) is 5.57. The molecule has 98 valence electrons. The molecule has 0 radical (unpaired) electrons. The molecule has 0 aliphatic carbocycles. The van der Waals surface area contributed by atoms with Gasteiger partial charge in [-0.15, -0.1) is 0 Å². The Hall–Kier alpha value is -1.35. The molecule has 0 amide bonds. The molecule has 0 spiro atoms. The van der Waals surface area contributed by atoms with Crippen molar-refractivity contribution in [1.82, 2.24) is 4.90 Å². The average molecular weight is 247 g/mol. The Bertz CT molecular complexity index is 414. The maximum Gasteiger partial charge on any atom is 0.323 e. The Balaban J connectivity index is 1.90. The van der Waals surface area contributed by atoms with Crippen LogP contribution in [0.15, 0.2) is 30.3 Å². The first-order chi connectivity index (χ1) is 8.50. The Morgan fingerprint density at radius 2 is 2.06 bits per heavy atom. The molecule has 1 atom stereocenters. The van der Waals surface area contributed by atoms with E-state index in [1.165, 1.54) is 0 Å². The van der Waals surface area contributed by atoms with E-state index in [1.807, 2.05) is 37.4 Å². The summed E-state index contributed by atoms with van der Waals surface area (Å²) in [4.78, 5) is 14.2. The molecule has 1 saturated heterocycles. The van der Waals surface area contributed by atoms with Crippen molar-refractivity contribution >= 4 is 5.97 Å². The highest BCUT2D eigenvalue weighted by Gasteiger charge is 2.40. The van der Waals surface area contributed by atoms with Gasteiger partial charge in [0.2, 0.25) is 0 Å². The van der Waals surface area contributed by atoms with Crippen LogP contribution in [0.5, 0.6) is 0 Å². The van der Waals surface area contributed by atoms with Crippen molar-refractivity contribution in [1.29, 1.82) is 0 Å². The molecule has 1 fully saturated rings. The standard InChI is InChI=1S/C15H21NO2/c1-15(2)10-9-13(16(15)3)14(17)18-11-12-7-5-4-6-8-12/h4-8,13H,9-11H2,1-3H3/t13-/m0/s1. The van der Waals surface area contributed by atoms with Crippen molar-refractivity contribution in [3.8, 4) is 0 Å². The molecule has 1 aliphatic heterocycles. The van der Waals surface area contributed by atoms with Gasteiger partial charge in [-0.05, 0) is 39.3 Å². The monoisotopic (exact) mass is 247 g/mol. The molecule has 1 heterocycles. The van der Waals surface area contributed by atoms with Gasteiger partial charge in [0.05, 0.1) is 0 Å². The lowest BCUT2D eigenvalue weighted by molar-refractivity contribution is -0.150. The van der Waals surface area contributed by atoms with Crippen molar-refractivity contribution < 1.29 is 9.53 Å². The number of ether oxygens (including phenoxy) is 1. The largest absolute Gasteiger partial charge is 0.460 e. The van der Waals surface area contributed by atoms with Crippen molar-refractivity contribution in [2.24, 2.45) is 0 Å². The van der Waals surface area contributed by atoms with Gasteiger partial charge in [0.1, 0.15) is 12.6 Å². The number of carbonyl (C=O) groups is 1. The minimum atomic E-state index is -0.105. The highest BCUT2D eigenvalue weighted by molar-refractivity contribution is 5.76. The van der Waals surface area contributed by atoms with Gasteiger partial charge in [0.25, 0.3) is 0 Å². The van der Waals surface area contributed by atoms with Crippen LogP contribution in [-0.2, 0) is 16.1 Å². The first-order valence-electron chi connectivity index (χ1n) is 6.44. The molecular weight excluding hydrogens is 226 g/mol. The van der Waals surface area contributed by atoms with Crippen molar-refractivity contribution in [3.63, 3.8) is 0 Å². The predicted octanol–water partition coefficient (Wildman–Crippen LogP) is 2.60. The van der Waals surface area contributed by atoms with E-state index in [9.17, 15) is 4.79 Å². The molecule has 0 bridgehead atoms. The molecule has 0 saturated carbocycles. The SMILES string of the molecule is CN1[C@H](C(=O)OCc2ccccc2)CCC1(C)C. The van der Waals surface area contributed by atoms with Crippen molar-refractivity contribution in [2.75, 3.05) is 7.05 Å². The van der Waals surface area contributed by atoms with Gasteiger partial charge in [0, 0.05) is 5.54 Å². The fraction of sp³-hybridized carbons (Fsp3) is 0.533. The Labute approximate surface area is 109 Å². The van der Waals surface area contributed by atoms with Crippen LogP contribution >= 0.6 is 0 Å². The van der Waals surface area contributed by atoms with E-state index in [-0.39, 0.29) is 17.6 Å². The first-order valence-corrected chi connectivity index (χ1v) is 6.44. The van der Waals surface area contributed by atoms with E-state index in [2.05, 4.69) is 18.7 Å². The molecule has 0 N–H and O–H groups in total. The third kappa shape index (κ3) is 2.72. The summed E-state index contributed by atoms with van der Waals surface area (Å²) in [6.07, 6.45) is 1.92. The van der Waals surface area contributed by atoms with Crippen molar-refractivity contribution in [3.05, 3.63) is 35.9 Å². The lowest BCUT2D eigenvalue weighted by Crippen LogP contribution is -2.43. The fourth-order valence-electron chi connectivity index (χ4n) is 2.38. The van der Waals surface area contributed by atoms with E-state index in [1.54, 1.807) is 0 Å². The number of rotatable bonds is 3. The minimum absolute atomic E-state index is 0.0937. The highest BCUT2D eigenvalue weighted by atomic mass is 16.5. The quantitative estimate of drug-likeness (QED) is 0.769. The number of hydrogen-bond donors (Lipinski definition) is 0. The van der Waals surface area contributed by atoms with Gasteiger partial charge in [-0.25, -0.2) is 0 Å². The zero-order chi connectivity index (χ0) is 13.2. The number of likely N-dealkylation sites (N-methyl/N-ethyl adjacent to an activating group) is 1. The van der Waals surface area contributed by atoms with Crippen LogP contribution in [0.1, 0.15) is 32.3 Å². The summed E-state index contributed by atoms with van der Waals surface area (Å²) in [7, 11) is 2.00. The van der Waals surface area contributed by atoms with Gasteiger partial charge in [-0.1, -0.05) is 30.3 Å². The summed E-state index contributed by atoms with van der Waals surface area (Å²) in [6.45, 7) is 4.69. The minimum Gasteiger partial charge on any atom is -0.460 e. The topological polar surface area (TPSA) is 29.5 Å². The molecule has 0 aromatic heterocycles. The van der Waals surface area contributed by atoms with Crippen LogP contribution < -0.4 is 0 Å². The molecule has 1 aliphatic rings. The van der Waals surface area contributed by atoms with E-state index < -0.39 is 0 Å². The van der Waals surface area contributed by atoms with Crippen LogP contribution in [0.2, 0.25) is 0 Å². The van der Waals surface area contributed by atoms with Gasteiger partial charge >= 0.3 is 5.97 Å². The second-order valence-electron chi connectivity index (χ2n) is 5.57. The van der Waals surface area contributed by atoms with Crippen LogP contribution in [0.4, 0.5) is 0 Å². The number of carbonyl (C=O) groups excluding carboxylic acids is 1. The Kier molecular flexibility index (Phi) is 3.71. The first kappa shape index (κ1) is 13.1. The number of hydrogen-bond acceptors (Lipinski definition) is 3. The molecule has 3 nitrogen and oxygen atoms in total. The third-order valence-corrected chi connectivity index (χ3v) is 3.95. The third-order valence-electron chi connectivity index (χ3n) is 3.95. The fourth-order valence-corrected chi connectivity index (χ4v) is 2.38. The number of esters is 1. The number of benzene rings is 1. The highest BCUT2D eigenvalue weighted by Crippen LogP contribution is 2.32. The maximum atomic E-state index is 12.1. The molecule has 18 heavy (non-hydrogen) atoms. The molecule has 1 aromatic carbocycles.